The number of rotatable bonds is 4. The van der Waals surface area contributed by atoms with Crippen LogP contribution in [0.25, 0.3) is 0 Å². The molecule has 2 rings (SSSR count). The maximum atomic E-state index is 11.7. The Hall–Kier alpha value is -1.62. The molecule has 0 unspecified atom stereocenters. The highest BCUT2D eigenvalue weighted by Gasteiger charge is 2.14. The second-order valence-electron chi connectivity index (χ2n) is 4.25. The van der Waals surface area contributed by atoms with Crippen LogP contribution < -0.4 is 16.2 Å². The molecule has 1 saturated heterocycles. The summed E-state index contributed by atoms with van der Waals surface area (Å²) < 4.78 is 0. The molecular formula is C12H17N3O2. The molecule has 17 heavy (non-hydrogen) atoms. The number of hydrogen-bond donors (Lipinski definition) is 3. The Morgan fingerprint density at radius 1 is 1.53 bits per heavy atom. The fourth-order valence-corrected chi connectivity index (χ4v) is 2.06. The van der Waals surface area contributed by atoms with E-state index in [-0.39, 0.29) is 17.0 Å². The van der Waals surface area contributed by atoms with Crippen LogP contribution in [0.15, 0.2) is 23.1 Å². The molecule has 92 valence electrons. The first-order chi connectivity index (χ1) is 8.27. The lowest BCUT2D eigenvalue weighted by atomic mass is 10.1. The maximum absolute atomic E-state index is 11.7. The summed E-state index contributed by atoms with van der Waals surface area (Å²) in [5.41, 5.74) is -0.170. The van der Waals surface area contributed by atoms with Gasteiger partial charge in [-0.3, -0.25) is 9.59 Å². The third-order valence-corrected chi connectivity index (χ3v) is 3.00. The van der Waals surface area contributed by atoms with Crippen molar-refractivity contribution in [1.82, 2.24) is 15.6 Å². The first-order valence-electron chi connectivity index (χ1n) is 5.96. The minimum absolute atomic E-state index is 0.173. The van der Waals surface area contributed by atoms with E-state index in [0.717, 1.165) is 13.0 Å². The van der Waals surface area contributed by atoms with Gasteiger partial charge >= 0.3 is 0 Å². The van der Waals surface area contributed by atoms with E-state index in [9.17, 15) is 9.59 Å². The summed E-state index contributed by atoms with van der Waals surface area (Å²) >= 11 is 0. The predicted octanol–water partition coefficient (Wildman–Crippen LogP) is 0.247. The molecule has 2 heterocycles. The lowest BCUT2D eigenvalue weighted by molar-refractivity contribution is 0.0951. The van der Waals surface area contributed by atoms with Crippen molar-refractivity contribution in [3.8, 4) is 0 Å². The van der Waals surface area contributed by atoms with Crippen molar-refractivity contribution < 1.29 is 4.79 Å². The average Bonchev–Trinajstić information content (AvgIpc) is 2.82. The molecule has 0 saturated carbocycles. The smallest absolute Gasteiger partial charge is 0.260 e. The molecule has 1 aromatic heterocycles. The number of H-pyrrole nitrogens is 1. The summed E-state index contributed by atoms with van der Waals surface area (Å²) in [7, 11) is 0. The standard InChI is InChI=1S/C12H17N3O2/c16-11-10(4-2-7-14-11)12(17)15-8-5-9-3-1-6-13-9/h2,4,7,9,13H,1,3,5-6,8H2,(H,14,16)(H,15,17)/t9-/m0/s1. The Bertz CT molecular complexity index is 435. The highest BCUT2D eigenvalue weighted by Crippen LogP contribution is 2.07. The van der Waals surface area contributed by atoms with Crippen molar-refractivity contribution in [1.29, 1.82) is 0 Å². The van der Waals surface area contributed by atoms with Crippen molar-refractivity contribution in [2.75, 3.05) is 13.1 Å². The third-order valence-electron chi connectivity index (χ3n) is 3.00. The van der Waals surface area contributed by atoms with Crippen molar-refractivity contribution in [2.24, 2.45) is 0 Å². The quantitative estimate of drug-likeness (QED) is 0.700. The molecule has 0 aromatic carbocycles. The van der Waals surface area contributed by atoms with Crippen LogP contribution in [0.2, 0.25) is 0 Å². The topological polar surface area (TPSA) is 74.0 Å². The van der Waals surface area contributed by atoms with Gasteiger partial charge < -0.3 is 15.6 Å². The molecule has 5 nitrogen and oxygen atoms in total. The molecule has 1 aliphatic rings. The van der Waals surface area contributed by atoms with Gasteiger partial charge in [0.25, 0.3) is 11.5 Å². The number of aromatic amines is 1. The molecule has 0 radical (unpaired) electrons. The Morgan fingerprint density at radius 2 is 2.41 bits per heavy atom. The normalized spacial score (nSPS) is 19.2. The third kappa shape index (κ3) is 3.17. The maximum Gasteiger partial charge on any atom is 0.260 e. The van der Waals surface area contributed by atoms with Crippen LogP contribution in [0.3, 0.4) is 0 Å². The summed E-state index contributed by atoms with van der Waals surface area (Å²) in [6, 6.07) is 3.68. The van der Waals surface area contributed by atoms with E-state index >= 15 is 0 Å². The van der Waals surface area contributed by atoms with Crippen molar-refractivity contribution in [3.63, 3.8) is 0 Å². The molecule has 0 aliphatic carbocycles. The van der Waals surface area contributed by atoms with Gasteiger partial charge in [-0.05, 0) is 37.9 Å². The summed E-state index contributed by atoms with van der Waals surface area (Å²) in [5.74, 6) is -0.301. The zero-order valence-electron chi connectivity index (χ0n) is 9.66. The minimum Gasteiger partial charge on any atom is -0.352 e. The number of hydrogen-bond acceptors (Lipinski definition) is 3. The number of carbonyl (C=O) groups is 1. The van der Waals surface area contributed by atoms with Gasteiger partial charge in [0.15, 0.2) is 0 Å². The summed E-state index contributed by atoms with van der Waals surface area (Å²) in [6.45, 7) is 1.67. The molecular weight excluding hydrogens is 218 g/mol. The van der Waals surface area contributed by atoms with Crippen molar-refractivity contribution >= 4 is 5.91 Å². The van der Waals surface area contributed by atoms with Crippen LogP contribution in [0.4, 0.5) is 0 Å². The highest BCUT2D eigenvalue weighted by molar-refractivity contribution is 5.93. The Kier molecular flexibility index (Phi) is 3.93. The zero-order valence-corrected chi connectivity index (χ0v) is 9.66. The molecule has 1 fully saturated rings. The molecule has 3 N–H and O–H groups in total. The Morgan fingerprint density at radius 3 is 3.12 bits per heavy atom. The van der Waals surface area contributed by atoms with E-state index in [4.69, 9.17) is 0 Å². The van der Waals surface area contributed by atoms with E-state index in [2.05, 4.69) is 15.6 Å². The first-order valence-corrected chi connectivity index (χ1v) is 5.96. The van der Waals surface area contributed by atoms with Gasteiger partial charge in [-0.15, -0.1) is 0 Å². The number of aromatic nitrogens is 1. The summed E-state index contributed by atoms with van der Waals surface area (Å²) in [6.07, 6.45) is 4.80. The lowest BCUT2D eigenvalue weighted by Crippen LogP contribution is -2.33. The SMILES string of the molecule is O=C(NCC[C@@H]1CCCN1)c1ccc[nH]c1=O. The monoisotopic (exact) mass is 235 g/mol. The highest BCUT2D eigenvalue weighted by atomic mass is 16.2. The van der Waals surface area contributed by atoms with Gasteiger partial charge in [-0.1, -0.05) is 0 Å². The molecule has 1 amide bonds. The van der Waals surface area contributed by atoms with E-state index in [1.54, 1.807) is 6.07 Å². The van der Waals surface area contributed by atoms with Crippen molar-refractivity contribution in [3.05, 3.63) is 34.2 Å². The average molecular weight is 235 g/mol. The molecule has 5 heteroatoms. The van der Waals surface area contributed by atoms with E-state index in [1.807, 2.05) is 0 Å². The lowest BCUT2D eigenvalue weighted by Gasteiger charge is -2.10. The molecule has 0 bridgehead atoms. The van der Waals surface area contributed by atoms with Crippen LogP contribution in [0, 0.1) is 0 Å². The minimum atomic E-state index is -0.344. The molecule has 1 aliphatic heterocycles. The van der Waals surface area contributed by atoms with Crippen LogP contribution in [-0.4, -0.2) is 30.0 Å². The molecule has 0 spiro atoms. The van der Waals surface area contributed by atoms with E-state index < -0.39 is 0 Å². The number of amides is 1. The van der Waals surface area contributed by atoms with Crippen LogP contribution >= 0.6 is 0 Å². The fourth-order valence-electron chi connectivity index (χ4n) is 2.06. The summed E-state index contributed by atoms with van der Waals surface area (Å²) in [4.78, 5) is 25.5. The van der Waals surface area contributed by atoms with Crippen molar-refractivity contribution in [2.45, 2.75) is 25.3 Å². The Balaban J connectivity index is 1.81. The molecule has 1 atom stereocenters. The van der Waals surface area contributed by atoms with Crippen LogP contribution in [-0.2, 0) is 0 Å². The van der Waals surface area contributed by atoms with E-state index in [1.165, 1.54) is 25.1 Å². The molecule has 1 aromatic rings. The summed E-state index contributed by atoms with van der Waals surface area (Å²) in [5, 5.41) is 6.13. The number of nitrogens with one attached hydrogen (secondary N) is 3. The van der Waals surface area contributed by atoms with Gasteiger partial charge in [-0.25, -0.2) is 0 Å². The van der Waals surface area contributed by atoms with Crippen LogP contribution in [0.1, 0.15) is 29.6 Å². The predicted molar refractivity (Wildman–Crippen MR) is 65.0 cm³/mol. The second-order valence-corrected chi connectivity index (χ2v) is 4.25. The van der Waals surface area contributed by atoms with Gasteiger partial charge in [0.2, 0.25) is 0 Å². The number of pyridine rings is 1. The largest absolute Gasteiger partial charge is 0.352 e. The fraction of sp³-hybridized carbons (Fsp3) is 0.500. The number of carbonyl (C=O) groups excluding carboxylic acids is 1. The zero-order chi connectivity index (χ0) is 12.1. The van der Waals surface area contributed by atoms with Crippen LogP contribution in [0.5, 0.6) is 0 Å². The van der Waals surface area contributed by atoms with E-state index in [0.29, 0.717) is 12.6 Å². The Labute approximate surface area is 99.6 Å². The van der Waals surface area contributed by atoms with Gasteiger partial charge in [0, 0.05) is 18.8 Å². The van der Waals surface area contributed by atoms with Gasteiger partial charge in [0.05, 0.1) is 0 Å². The first kappa shape index (κ1) is 11.9. The second kappa shape index (κ2) is 5.63. The van der Waals surface area contributed by atoms with Gasteiger partial charge in [-0.2, -0.15) is 0 Å². The van der Waals surface area contributed by atoms with Gasteiger partial charge in [0.1, 0.15) is 5.56 Å².